The summed E-state index contributed by atoms with van der Waals surface area (Å²) in [5.41, 5.74) is 3.71. The Kier molecular flexibility index (Phi) is 9.37. The lowest BCUT2D eigenvalue weighted by Gasteiger charge is -2.07. The minimum atomic E-state index is 0.627. The number of hydrogen-bond acceptors (Lipinski definition) is 5. The smallest absolute Gasteiger partial charge is 0.203 e. The molecule has 2 aromatic rings. The Balaban J connectivity index is 1.67. The molecular weight excluding hydrogens is 354 g/mol. The van der Waals surface area contributed by atoms with Gasteiger partial charge in [0.25, 0.3) is 0 Å². The zero-order valence-corrected chi connectivity index (χ0v) is 16.3. The van der Waals surface area contributed by atoms with Gasteiger partial charge in [-0.3, -0.25) is 5.43 Å². The average molecular weight is 380 g/mol. The molecule has 0 spiro atoms. The molecule has 0 fully saturated rings. The fourth-order valence-electron chi connectivity index (χ4n) is 2.39. The van der Waals surface area contributed by atoms with Crippen molar-refractivity contribution in [1.29, 1.82) is 0 Å². The number of aromatic nitrogens is 1. The number of halogens is 1. The summed E-state index contributed by atoms with van der Waals surface area (Å²) in [5.74, 6) is 0.806. The van der Waals surface area contributed by atoms with Gasteiger partial charge in [0, 0.05) is 17.1 Å². The van der Waals surface area contributed by atoms with Crippen molar-refractivity contribution in [3.05, 3.63) is 40.4 Å². The van der Waals surface area contributed by atoms with Gasteiger partial charge in [-0.2, -0.15) is 5.10 Å². The van der Waals surface area contributed by atoms with Gasteiger partial charge in [-0.15, -0.1) is 11.3 Å². The van der Waals surface area contributed by atoms with Crippen molar-refractivity contribution in [1.82, 2.24) is 4.98 Å². The van der Waals surface area contributed by atoms with E-state index >= 15 is 0 Å². The summed E-state index contributed by atoms with van der Waals surface area (Å²) in [6.45, 7) is 2.98. The van der Waals surface area contributed by atoms with E-state index in [1.165, 1.54) is 49.9 Å². The van der Waals surface area contributed by atoms with Crippen LogP contribution in [0.5, 0.6) is 5.75 Å². The molecule has 1 N–H and O–H groups in total. The van der Waals surface area contributed by atoms with E-state index in [4.69, 9.17) is 16.3 Å². The standard InChI is InChI=1S/C19H26ClN3OS/c1-2-3-4-5-6-7-8-12-24-17-10-9-16(18(20)14-17)15-22-23-19-21-11-13-25-19/h9-11,13-15H,2-8,12H2,1H3,(H,21,23)/b22-15-. The summed E-state index contributed by atoms with van der Waals surface area (Å²) in [6.07, 6.45) is 12.4. The van der Waals surface area contributed by atoms with Crippen LogP contribution in [0.15, 0.2) is 34.9 Å². The molecule has 0 aliphatic carbocycles. The van der Waals surface area contributed by atoms with Gasteiger partial charge in [-0.25, -0.2) is 4.98 Å². The Hall–Kier alpha value is -1.59. The molecule has 1 aromatic carbocycles. The van der Waals surface area contributed by atoms with Crippen molar-refractivity contribution in [2.45, 2.75) is 51.9 Å². The van der Waals surface area contributed by atoms with Gasteiger partial charge in [-0.1, -0.05) is 57.0 Å². The summed E-state index contributed by atoms with van der Waals surface area (Å²) >= 11 is 7.78. The van der Waals surface area contributed by atoms with Crippen LogP contribution in [-0.2, 0) is 0 Å². The Bertz CT molecular complexity index is 632. The van der Waals surface area contributed by atoms with Crippen LogP contribution in [0.2, 0.25) is 5.02 Å². The summed E-state index contributed by atoms with van der Waals surface area (Å²) in [5, 5.41) is 7.41. The second-order valence-electron chi connectivity index (χ2n) is 5.86. The molecular formula is C19H26ClN3OS. The number of unbranched alkanes of at least 4 members (excludes halogenated alkanes) is 6. The molecule has 6 heteroatoms. The maximum atomic E-state index is 6.29. The highest BCUT2D eigenvalue weighted by Crippen LogP contribution is 2.22. The zero-order chi connectivity index (χ0) is 17.7. The van der Waals surface area contributed by atoms with Crippen LogP contribution in [0.1, 0.15) is 57.4 Å². The number of rotatable bonds is 12. The van der Waals surface area contributed by atoms with Crippen molar-refractivity contribution in [2.75, 3.05) is 12.0 Å². The van der Waals surface area contributed by atoms with Crippen LogP contribution < -0.4 is 10.2 Å². The number of anilines is 1. The third-order valence-electron chi connectivity index (χ3n) is 3.78. The highest BCUT2D eigenvalue weighted by atomic mass is 35.5. The monoisotopic (exact) mass is 379 g/mol. The molecule has 0 amide bonds. The van der Waals surface area contributed by atoms with Crippen LogP contribution in [0.3, 0.4) is 0 Å². The highest BCUT2D eigenvalue weighted by Gasteiger charge is 2.01. The summed E-state index contributed by atoms with van der Waals surface area (Å²) in [6, 6.07) is 5.68. The molecule has 0 aliphatic heterocycles. The van der Waals surface area contributed by atoms with Crippen LogP contribution in [-0.4, -0.2) is 17.8 Å². The van der Waals surface area contributed by atoms with Crippen LogP contribution in [0.25, 0.3) is 0 Å². The number of hydrogen-bond donors (Lipinski definition) is 1. The molecule has 2 rings (SSSR count). The topological polar surface area (TPSA) is 46.5 Å². The van der Waals surface area contributed by atoms with Crippen molar-refractivity contribution in [2.24, 2.45) is 5.10 Å². The van der Waals surface area contributed by atoms with Gasteiger partial charge >= 0.3 is 0 Å². The zero-order valence-electron chi connectivity index (χ0n) is 14.7. The summed E-state index contributed by atoms with van der Waals surface area (Å²) < 4.78 is 5.78. The van der Waals surface area contributed by atoms with E-state index in [0.717, 1.165) is 29.5 Å². The third-order valence-corrected chi connectivity index (χ3v) is 4.79. The lowest BCUT2D eigenvalue weighted by molar-refractivity contribution is 0.304. The molecule has 0 saturated carbocycles. The van der Waals surface area contributed by atoms with E-state index in [1.54, 1.807) is 12.4 Å². The first kappa shape index (κ1) is 19.7. The van der Waals surface area contributed by atoms with Crippen molar-refractivity contribution in [3.8, 4) is 5.75 Å². The number of hydrazone groups is 1. The van der Waals surface area contributed by atoms with Crippen molar-refractivity contribution < 1.29 is 4.74 Å². The Labute approximate surface area is 159 Å². The van der Waals surface area contributed by atoms with E-state index in [-0.39, 0.29) is 0 Å². The van der Waals surface area contributed by atoms with Gasteiger partial charge in [0.15, 0.2) is 0 Å². The molecule has 1 heterocycles. The second kappa shape index (κ2) is 11.9. The first-order valence-electron chi connectivity index (χ1n) is 8.90. The maximum Gasteiger partial charge on any atom is 0.203 e. The van der Waals surface area contributed by atoms with E-state index in [1.807, 2.05) is 23.6 Å². The fourth-order valence-corrected chi connectivity index (χ4v) is 3.08. The molecule has 0 radical (unpaired) electrons. The minimum Gasteiger partial charge on any atom is -0.494 e. The number of nitrogens with zero attached hydrogens (tertiary/aromatic N) is 2. The number of nitrogens with one attached hydrogen (secondary N) is 1. The molecule has 0 bridgehead atoms. The Morgan fingerprint density at radius 1 is 1.20 bits per heavy atom. The van der Waals surface area contributed by atoms with E-state index < -0.39 is 0 Å². The molecule has 0 aliphatic rings. The van der Waals surface area contributed by atoms with Crippen LogP contribution >= 0.6 is 22.9 Å². The van der Waals surface area contributed by atoms with Gasteiger partial charge in [0.2, 0.25) is 5.13 Å². The first-order valence-corrected chi connectivity index (χ1v) is 10.2. The van der Waals surface area contributed by atoms with E-state index in [0.29, 0.717) is 5.02 Å². The first-order chi connectivity index (χ1) is 12.3. The quantitative estimate of drug-likeness (QED) is 0.264. The number of thiazole rings is 1. The average Bonchev–Trinajstić information content (AvgIpc) is 3.12. The SMILES string of the molecule is CCCCCCCCCOc1ccc(/C=N\Nc2nccs2)c(Cl)c1. The number of benzene rings is 1. The molecule has 136 valence electrons. The van der Waals surface area contributed by atoms with Crippen molar-refractivity contribution in [3.63, 3.8) is 0 Å². The van der Waals surface area contributed by atoms with Crippen LogP contribution in [0.4, 0.5) is 5.13 Å². The summed E-state index contributed by atoms with van der Waals surface area (Å²) in [4.78, 5) is 4.09. The third kappa shape index (κ3) is 7.88. The van der Waals surface area contributed by atoms with Gasteiger partial charge in [0.05, 0.1) is 17.8 Å². The van der Waals surface area contributed by atoms with Crippen LogP contribution in [0, 0.1) is 0 Å². The Morgan fingerprint density at radius 2 is 2.00 bits per heavy atom. The van der Waals surface area contributed by atoms with Crippen molar-refractivity contribution >= 4 is 34.3 Å². The maximum absolute atomic E-state index is 6.29. The molecule has 0 atom stereocenters. The number of ether oxygens (including phenoxy) is 1. The Morgan fingerprint density at radius 3 is 2.72 bits per heavy atom. The normalized spacial score (nSPS) is 11.1. The molecule has 4 nitrogen and oxygen atoms in total. The molecule has 0 unspecified atom stereocenters. The van der Waals surface area contributed by atoms with Gasteiger partial charge in [0.1, 0.15) is 5.75 Å². The predicted molar refractivity (Wildman–Crippen MR) is 108 cm³/mol. The largest absolute Gasteiger partial charge is 0.494 e. The minimum absolute atomic E-state index is 0.627. The van der Waals surface area contributed by atoms with Gasteiger partial charge < -0.3 is 4.74 Å². The molecule has 0 saturated heterocycles. The van der Waals surface area contributed by atoms with E-state index in [9.17, 15) is 0 Å². The lowest BCUT2D eigenvalue weighted by Crippen LogP contribution is -1.98. The predicted octanol–water partition coefficient (Wildman–Crippen LogP) is 6.37. The summed E-state index contributed by atoms with van der Waals surface area (Å²) in [7, 11) is 0. The highest BCUT2D eigenvalue weighted by molar-refractivity contribution is 7.13. The fraction of sp³-hybridized carbons (Fsp3) is 0.474. The molecule has 1 aromatic heterocycles. The van der Waals surface area contributed by atoms with Gasteiger partial charge in [-0.05, 0) is 24.6 Å². The van der Waals surface area contributed by atoms with E-state index in [2.05, 4.69) is 22.4 Å². The molecule has 25 heavy (non-hydrogen) atoms. The second-order valence-corrected chi connectivity index (χ2v) is 7.16. The lowest BCUT2D eigenvalue weighted by atomic mass is 10.1.